The minimum Gasteiger partial charge on any atom is -0.333 e. The first kappa shape index (κ1) is 17.5. The third kappa shape index (κ3) is 2.84. The first-order valence-electron chi connectivity index (χ1n) is 9.30. The second-order valence-corrected chi connectivity index (χ2v) is 8.36. The fourth-order valence-electron chi connectivity index (χ4n) is 4.52. The van der Waals surface area contributed by atoms with Crippen molar-refractivity contribution >= 4 is 27.5 Å². The molecule has 0 aliphatic carbocycles. The number of rotatable bonds is 3. The van der Waals surface area contributed by atoms with E-state index in [9.17, 15) is 14.0 Å². The molecule has 2 aliphatic rings. The van der Waals surface area contributed by atoms with Crippen molar-refractivity contribution in [3.63, 3.8) is 0 Å². The molecule has 144 valence electrons. The molecule has 4 heterocycles. The first-order chi connectivity index (χ1) is 13.6. The first-order valence-corrected chi connectivity index (χ1v) is 10.2. The summed E-state index contributed by atoms with van der Waals surface area (Å²) in [6, 6.07) is 8.09. The SMILES string of the molecule is O=C(Cn1cnc2ccsc2c1=O)N1C[C@@H]2CNC[C@@H]2[C@@H]1c1cccc(F)c1. The number of fused-ring (bicyclic) bond motifs is 2. The van der Waals surface area contributed by atoms with Crippen LogP contribution in [0.2, 0.25) is 0 Å². The number of thiophene rings is 1. The van der Waals surface area contributed by atoms with Gasteiger partial charge in [0, 0.05) is 25.6 Å². The summed E-state index contributed by atoms with van der Waals surface area (Å²) in [5.41, 5.74) is 1.26. The highest BCUT2D eigenvalue weighted by Crippen LogP contribution is 2.42. The van der Waals surface area contributed by atoms with E-state index in [-0.39, 0.29) is 35.8 Å². The molecule has 1 amide bonds. The highest BCUT2D eigenvalue weighted by atomic mass is 32.1. The molecule has 3 aromatic rings. The van der Waals surface area contributed by atoms with E-state index in [1.807, 2.05) is 16.3 Å². The number of hydrogen-bond donors (Lipinski definition) is 1. The molecule has 8 heteroatoms. The molecule has 2 fully saturated rings. The fraction of sp³-hybridized carbons (Fsp3) is 0.350. The van der Waals surface area contributed by atoms with Crippen LogP contribution in [0.1, 0.15) is 11.6 Å². The summed E-state index contributed by atoms with van der Waals surface area (Å²) in [6.45, 7) is 2.21. The number of likely N-dealkylation sites (tertiary alicyclic amines) is 1. The molecule has 2 aliphatic heterocycles. The molecule has 6 nitrogen and oxygen atoms in total. The quantitative estimate of drug-likeness (QED) is 0.733. The molecule has 2 saturated heterocycles. The maximum atomic E-state index is 13.8. The van der Waals surface area contributed by atoms with E-state index in [0.29, 0.717) is 22.7 Å². The van der Waals surface area contributed by atoms with Gasteiger partial charge in [0.2, 0.25) is 5.91 Å². The van der Waals surface area contributed by atoms with Crippen molar-refractivity contribution in [3.05, 3.63) is 63.8 Å². The second kappa shape index (κ2) is 6.79. The number of hydrogen-bond acceptors (Lipinski definition) is 5. The zero-order valence-electron chi connectivity index (χ0n) is 15.0. The molecule has 3 atom stereocenters. The van der Waals surface area contributed by atoms with Crippen LogP contribution in [0.25, 0.3) is 10.2 Å². The standard InChI is InChI=1S/C20H19FN4O2S/c21-14-3-1-2-12(6-14)18-15-8-22-7-13(15)9-25(18)17(26)10-24-11-23-16-4-5-28-19(16)20(24)27/h1-6,11,13,15,18,22H,7-10H2/t13-,15-,18-/m0/s1. The van der Waals surface area contributed by atoms with Crippen LogP contribution in [-0.4, -0.2) is 40.0 Å². The Morgan fingerprint density at radius 2 is 2.21 bits per heavy atom. The molecule has 0 radical (unpaired) electrons. The third-order valence-electron chi connectivity index (χ3n) is 5.82. The molecule has 0 unspecified atom stereocenters. The lowest BCUT2D eigenvalue weighted by atomic mass is 9.89. The molecular formula is C20H19FN4O2S. The van der Waals surface area contributed by atoms with Gasteiger partial charge in [-0.3, -0.25) is 14.2 Å². The summed E-state index contributed by atoms with van der Waals surface area (Å²) in [6.07, 6.45) is 1.44. The number of carbonyl (C=O) groups excluding carboxylic acids is 1. The zero-order valence-corrected chi connectivity index (χ0v) is 15.9. The van der Waals surface area contributed by atoms with Crippen molar-refractivity contribution < 1.29 is 9.18 Å². The summed E-state index contributed by atoms with van der Waals surface area (Å²) in [5, 5.41) is 5.20. The van der Waals surface area contributed by atoms with Crippen molar-refractivity contribution in [1.82, 2.24) is 19.8 Å². The minimum atomic E-state index is -0.303. The Morgan fingerprint density at radius 3 is 3.07 bits per heavy atom. The predicted octanol–water partition coefficient (Wildman–Crippen LogP) is 2.02. The van der Waals surface area contributed by atoms with Gasteiger partial charge in [-0.2, -0.15) is 0 Å². The van der Waals surface area contributed by atoms with Gasteiger partial charge in [0.15, 0.2) is 0 Å². The molecule has 0 bridgehead atoms. The van der Waals surface area contributed by atoms with Gasteiger partial charge in [0.1, 0.15) is 17.1 Å². The Labute approximate surface area is 164 Å². The largest absolute Gasteiger partial charge is 0.333 e. The van der Waals surface area contributed by atoms with Crippen LogP contribution in [0.5, 0.6) is 0 Å². The lowest BCUT2D eigenvalue weighted by Crippen LogP contribution is -2.38. The van der Waals surface area contributed by atoms with Gasteiger partial charge in [-0.1, -0.05) is 12.1 Å². The molecule has 1 N–H and O–H groups in total. The number of aromatic nitrogens is 2. The topological polar surface area (TPSA) is 67.2 Å². The minimum absolute atomic E-state index is 0.0572. The maximum Gasteiger partial charge on any atom is 0.271 e. The third-order valence-corrected chi connectivity index (χ3v) is 6.71. The van der Waals surface area contributed by atoms with Crippen molar-refractivity contribution in [3.8, 4) is 0 Å². The van der Waals surface area contributed by atoms with Gasteiger partial charge in [-0.15, -0.1) is 11.3 Å². The van der Waals surface area contributed by atoms with Crippen molar-refractivity contribution in [1.29, 1.82) is 0 Å². The maximum absolute atomic E-state index is 13.8. The smallest absolute Gasteiger partial charge is 0.271 e. The van der Waals surface area contributed by atoms with Crippen LogP contribution in [-0.2, 0) is 11.3 Å². The molecular weight excluding hydrogens is 379 g/mol. The van der Waals surface area contributed by atoms with Gasteiger partial charge < -0.3 is 10.2 Å². The molecule has 2 aromatic heterocycles. The van der Waals surface area contributed by atoms with E-state index in [2.05, 4.69) is 10.3 Å². The van der Waals surface area contributed by atoms with Crippen LogP contribution in [0, 0.1) is 17.7 Å². The van der Waals surface area contributed by atoms with Crippen molar-refractivity contribution in [2.24, 2.45) is 11.8 Å². The summed E-state index contributed by atoms with van der Waals surface area (Å²) in [4.78, 5) is 31.9. The Morgan fingerprint density at radius 1 is 1.32 bits per heavy atom. The van der Waals surface area contributed by atoms with Crippen LogP contribution in [0.4, 0.5) is 4.39 Å². The van der Waals surface area contributed by atoms with Gasteiger partial charge >= 0.3 is 0 Å². The molecule has 0 spiro atoms. The fourth-order valence-corrected chi connectivity index (χ4v) is 5.32. The average Bonchev–Trinajstić information content (AvgIpc) is 3.38. The van der Waals surface area contributed by atoms with Gasteiger partial charge in [-0.05, 0) is 35.1 Å². The van der Waals surface area contributed by atoms with E-state index in [0.717, 1.165) is 18.7 Å². The van der Waals surface area contributed by atoms with Gasteiger partial charge in [0.25, 0.3) is 5.56 Å². The molecule has 0 saturated carbocycles. The monoisotopic (exact) mass is 398 g/mol. The highest BCUT2D eigenvalue weighted by Gasteiger charge is 2.46. The van der Waals surface area contributed by atoms with E-state index in [1.165, 1.54) is 34.4 Å². The van der Waals surface area contributed by atoms with Crippen LogP contribution in [0.15, 0.2) is 46.8 Å². The van der Waals surface area contributed by atoms with E-state index in [4.69, 9.17) is 0 Å². The van der Waals surface area contributed by atoms with Crippen molar-refractivity contribution in [2.45, 2.75) is 12.6 Å². The number of nitrogens with zero attached hydrogens (tertiary/aromatic N) is 3. The summed E-state index contributed by atoms with van der Waals surface area (Å²) in [5.74, 6) is 0.151. The Balaban J connectivity index is 1.47. The van der Waals surface area contributed by atoms with Crippen LogP contribution in [0.3, 0.4) is 0 Å². The van der Waals surface area contributed by atoms with E-state index >= 15 is 0 Å². The number of nitrogens with one attached hydrogen (secondary N) is 1. The number of amides is 1. The second-order valence-electron chi connectivity index (χ2n) is 7.44. The number of benzene rings is 1. The summed E-state index contributed by atoms with van der Waals surface area (Å²) >= 11 is 1.33. The van der Waals surface area contributed by atoms with E-state index in [1.54, 1.807) is 12.1 Å². The van der Waals surface area contributed by atoms with E-state index < -0.39 is 0 Å². The molecule has 5 rings (SSSR count). The normalized spacial score (nSPS) is 24.0. The Hall–Kier alpha value is -2.58. The average molecular weight is 398 g/mol. The van der Waals surface area contributed by atoms with Gasteiger partial charge in [0.05, 0.1) is 17.9 Å². The van der Waals surface area contributed by atoms with Crippen LogP contribution < -0.4 is 10.9 Å². The highest BCUT2D eigenvalue weighted by molar-refractivity contribution is 7.17. The lowest BCUT2D eigenvalue weighted by molar-refractivity contribution is -0.133. The predicted molar refractivity (Wildman–Crippen MR) is 105 cm³/mol. The summed E-state index contributed by atoms with van der Waals surface area (Å²) in [7, 11) is 0. The van der Waals surface area contributed by atoms with Crippen molar-refractivity contribution in [2.75, 3.05) is 19.6 Å². The van der Waals surface area contributed by atoms with Gasteiger partial charge in [-0.25, -0.2) is 9.37 Å². The summed E-state index contributed by atoms with van der Waals surface area (Å²) < 4.78 is 15.8. The number of carbonyl (C=O) groups is 1. The number of halogens is 1. The molecule has 28 heavy (non-hydrogen) atoms. The molecule has 1 aromatic carbocycles. The van der Waals surface area contributed by atoms with Crippen LogP contribution >= 0.6 is 11.3 Å². The Bertz CT molecular complexity index is 1110. The lowest BCUT2D eigenvalue weighted by Gasteiger charge is -2.28. The Kier molecular flexibility index (Phi) is 4.25. The zero-order chi connectivity index (χ0) is 19.3.